The Morgan fingerprint density at radius 2 is 1.81 bits per heavy atom. The molecule has 4 rings (SSSR count). The summed E-state index contributed by atoms with van der Waals surface area (Å²) in [4.78, 5) is 32.3. The number of anilines is 1. The zero-order valence-electron chi connectivity index (χ0n) is 19.3. The molecular weight excluding hydrogens is 416 g/mol. The van der Waals surface area contributed by atoms with E-state index in [0.29, 0.717) is 18.0 Å². The average molecular weight is 447 g/mol. The van der Waals surface area contributed by atoms with Crippen LogP contribution < -0.4 is 4.90 Å². The molecule has 3 aromatic rings. The van der Waals surface area contributed by atoms with Crippen LogP contribution in [0.15, 0.2) is 60.0 Å². The number of benzene rings is 2. The van der Waals surface area contributed by atoms with E-state index in [2.05, 4.69) is 39.8 Å². The fourth-order valence-electron chi connectivity index (χ4n) is 4.50. The molecule has 4 nitrogen and oxygen atoms in total. The number of thiophene rings is 1. The normalized spacial score (nSPS) is 18.1. The molecule has 0 saturated heterocycles. The number of hydrogen-bond donors (Lipinski definition) is 0. The molecule has 1 aliphatic heterocycles. The number of rotatable bonds is 5. The van der Waals surface area contributed by atoms with Gasteiger partial charge in [-0.15, -0.1) is 11.3 Å². The van der Waals surface area contributed by atoms with Crippen molar-refractivity contribution in [3.63, 3.8) is 0 Å². The Bertz CT molecular complexity index is 1140. The maximum absolute atomic E-state index is 14.1. The fourth-order valence-corrected chi connectivity index (χ4v) is 5.37. The lowest BCUT2D eigenvalue weighted by Crippen LogP contribution is -2.48. The molecular formula is C27H30N2O2S. The Kier molecular flexibility index (Phi) is 6.20. The number of carbonyl (C=O) groups excluding carboxylic acids is 2. The van der Waals surface area contributed by atoms with E-state index in [-0.39, 0.29) is 17.9 Å². The first-order valence-electron chi connectivity index (χ1n) is 11.1. The topological polar surface area (TPSA) is 40.6 Å². The standard InChI is InChI=1S/C27H30N2O2S/c1-17(2)16-29-25(23-11-8-14-32-23)24(21-9-6-7-10-22(21)26(29)30)27(31)28(5)20-13-12-18(3)19(4)15-20/h6-15,17,24-25H,16H2,1-5H3/t24-,25-/m0/s1. The van der Waals surface area contributed by atoms with E-state index < -0.39 is 5.92 Å². The minimum absolute atomic E-state index is 0.000333. The van der Waals surface area contributed by atoms with E-state index in [1.165, 1.54) is 5.56 Å². The van der Waals surface area contributed by atoms with Crippen LogP contribution in [0.5, 0.6) is 0 Å². The van der Waals surface area contributed by atoms with Crippen molar-refractivity contribution in [3.8, 4) is 0 Å². The van der Waals surface area contributed by atoms with Crippen molar-refractivity contribution in [1.82, 2.24) is 4.90 Å². The van der Waals surface area contributed by atoms with Crippen LogP contribution in [0.25, 0.3) is 0 Å². The molecule has 0 aliphatic carbocycles. The number of hydrogen-bond acceptors (Lipinski definition) is 3. The van der Waals surface area contributed by atoms with Crippen LogP contribution in [0.3, 0.4) is 0 Å². The van der Waals surface area contributed by atoms with Gasteiger partial charge < -0.3 is 9.80 Å². The smallest absolute Gasteiger partial charge is 0.254 e. The van der Waals surface area contributed by atoms with Crippen molar-refractivity contribution in [1.29, 1.82) is 0 Å². The van der Waals surface area contributed by atoms with Gasteiger partial charge in [0.05, 0.1) is 12.0 Å². The quantitative estimate of drug-likeness (QED) is 0.485. The van der Waals surface area contributed by atoms with Gasteiger partial charge in [-0.25, -0.2) is 0 Å². The summed E-state index contributed by atoms with van der Waals surface area (Å²) < 4.78 is 0. The van der Waals surface area contributed by atoms with E-state index in [4.69, 9.17) is 0 Å². The highest BCUT2D eigenvalue weighted by Crippen LogP contribution is 2.45. The molecule has 0 N–H and O–H groups in total. The van der Waals surface area contributed by atoms with Crippen molar-refractivity contribution in [2.24, 2.45) is 5.92 Å². The highest BCUT2D eigenvalue weighted by Gasteiger charge is 2.45. The van der Waals surface area contributed by atoms with Gasteiger partial charge in [-0.3, -0.25) is 9.59 Å². The number of nitrogens with zero attached hydrogens (tertiary/aromatic N) is 2. The lowest BCUT2D eigenvalue weighted by atomic mass is 9.80. The monoisotopic (exact) mass is 446 g/mol. The van der Waals surface area contributed by atoms with Crippen LogP contribution in [0.1, 0.15) is 57.7 Å². The van der Waals surface area contributed by atoms with Gasteiger partial charge in [-0.1, -0.05) is 44.2 Å². The molecule has 1 aromatic heterocycles. The summed E-state index contributed by atoms with van der Waals surface area (Å²) in [5.41, 5.74) is 4.66. The van der Waals surface area contributed by atoms with Crippen molar-refractivity contribution in [2.45, 2.75) is 39.7 Å². The Morgan fingerprint density at radius 1 is 1.06 bits per heavy atom. The first-order valence-corrected chi connectivity index (χ1v) is 12.0. The van der Waals surface area contributed by atoms with Crippen LogP contribution in [-0.4, -0.2) is 30.3 Å². The third-order valence-electron chi connectivity index (χ3n) is 6.31. The van der Waals surface area contributed by atoms with Gasteiger partial charge in [-0.2, -0.15) is 0 Å². The molecule has 0 bridgehead atoms. The first-order chi connectivity index (χ1) is 15.3. The molecule has 2 amide bonds. The van der Waals surface area contributed by atoms with E-state index in [1.807, 2.05) is 59.8 Å². The molecule has 0 radical (unpaired) electrons. The third kappa shape index (κ3) is 3.97. The molecule has 166 valence electrons. The second-order valence-electron chi connectivity index (χ2n) is 9.04. The molecule has 0 saturated carbocycles. The lowest BCUT2D eigenvalue weighted by molar-refractivity contribution is -0.121. The molecule has 0 unspecified atom stereocenters. The van der Waals surface area contributed by atoms with Crippen LogP contribution in [0.2, 0.25) is 0 Å². The average Bonchev–Trinajstić information content (AvgIpc) is 3.30. The SMILES string of the molecule is Cc1ccc(N(C)C(=O)[C@H]2c3ccccc3C(=O)N(CC(C)C)[C@H]2c2cccs2)cc1C. The first kappa shape index (κ1) is 22.3. The van der Waals surface area contributed by atoms with E-state index in [0.717, 1.165) is 21.7 Å². The summed E-state index contributed by atoms with van der Waals surface area (Å²) >= 11 is 1.61. The van der Waals surface area contributed by atoms with E-state index in [9.17, 15) is 9.59 Å². The Morgan fingerprint density at radius 3 is 2.47 bits per heavy atom. The number of aryl methyl sites for hydroxylation is 2. The summed E-state index contributed by atoms with van der Waals surface area (Å²) in [7, 11) is 1.84. The number of fused-ring (bicyclic) bond motifs is 1. The van der Waals surface area contributed by atoms with E-state index >= 15 is 0 Å². The number of amides is 2. The van der Waals surface area contributed by atoms with Gasteiger partial charge in [0.25, 0.3) is 5.91 Å². The molecule has 1 aliphatic rings. The molecule has 2 aromatic carbocycles. The fraction of sp³-hybridized carbons (Fsp3) is 0.333. The highest BCUT2D eigenvalue weighted by molar-refractivity contribution is 7.10. The zero-order chi connectivity index (χ0) is 23.0. The van der Waals surface area contributed by atoms with Crippen LogP contribution in [0, 0.1) is 19.8 Å². The molecule has 0 spiro atoms. The van der Waals surface area contributed by atoms with Crippen molar-refractivity contribution in [3.05, 3.63) is 87.1 Å². The van der Waals surface area contributed by atoms with Gasteiger partial charge >= 0.3 is 0 Å². The molecule has 32 heavy (non-hydrogen) atoms. The van der Waals surface area contributed by atoms with Gasteiger partial charge in [0.1, 0.15) is 0 Å². The number of likely N-dealkylation sites (N-methyl/N-ethyl adjacent to an activating group) is 1. The lowest BCUT2D eigenvalue weighted by Gasteiger charge is -2.43. The van der Waals surface area contributed by atoms with Crippen LogP contribution >= 0.6 is 11.3 Å². The maximum Gasteiger partial charge on any atom is 0.254 e. The van der Waals surface area contributed by atoms with Gasteiger partial charge in [-0.05, 0) is 66.1 Å². The minimum atomic E-state index is -0.465. The summed E-state index contributed by atoms with van der Waals surface area (Å²) in [5, 5.41) is 2.02. The number of carbonyl (C=O) groups is 2. The minimum Gasteiger partial charge on any atom is -0.329 e. The van der Waals surface area contributed by atoms with Crippen molar-refractivity contribution >= 4 is 28.8 Å². The van der Waals surface area contributed by atoms with Crippen molar-refractivity contribution in [2.75, 3.05) is 18.5 Å². The third-order valence-corrected chi connectivity index (χ3v) is 7.25. The largest absolute Gasteiger partial charge is 0.329 e. The maximum atomic E-state index is 14.1. The highest BCUT2D eigenvalue weighted by atomic mass is 32.1. The van der Waals surface area contributed by atoms with Crippen LogP contribution in [-0.2, 0) is 4.79 Å². The summed E-state index contributed by atoms with van der Waals surface area (Å²) in [6.45, 7) is 8.95. The Balaban J connectivity index is 1.85. The van der Waals surface area contributed by atoms with Gasteiger partial charge in [0, 0.05) is 29.7 Å². The predicted octanol–water partition coefficient (Wildman–Crippen LogP) is 5.96. The molecule has 0 fully saturated rings. The van der Waals surface area contributed by atoms with Crippen molar-refractivity contribution < 1.29 is 9.59 Å². The predicted molar refractivity (Wildman–Crippen MR) is 131 cm³/mol. The summed E-state index contributed by atoms with van der Waals surface area (Å²) in [6.07, 6.45) is 0. The summed E-state index contributed by atoms with van der Waals surface area (Å²) in [6, 6.07) is 17.4. The second kappa shape index (κ2) is 8.91. The molecule has 2 atom stereocenters. The van der Waals surface area contributed by atoms with Gasteiger partial charge in [0.15, 0.2) is 0 Å². The molecule has 5 heteroatoms. The molecule has 2 heterocycles. The Labute approximate surface area is 194 Å². The van der Waals surface area contributed by atoms with Gasteiger partial charge in [0.2, 0.25) is 5.91 Å². The van der Waals surface area contributed by atoms with E-state index in [1.54, 1.807) is 16.2 Å². The Hall–Kier alpha value is -2.92. The second-order valence-corrected chi connectivity index (χ2v) is 10.0. The van der Waals surface area contributed by atoms with Crippen LogP contribution in [0.4, 0.5) is 5.69 Å². The summed E-state index contributed by atoms with van der Waals surface area (Å²) in [5.74, 6) is -0.168. The zero-order valence-corrected chi connectivity index (χ0v) is 20.1.